The van der Waals surface area contributed by atoms with Crippen molar-refractivity contribution in [2.24, 2.45) is 0 Å². The summed E-state index contributed by atoms with van der Waals surface area (Å²) in [7, 11) is 0. The molecular formula is C4H5F3NOZn. The number of hydrogen-bond acceptors (Lipinski definition) is 1. The fourth-order valence-electron chi connectivity index (χ4n) is 0.302. The molecule has 0 saturated heterocycles. The van der Waals surface area contributed by atoms with Crippen molar-refractivity contribution in [1.29, 1.82) is 0 Å². The van der Waals surface area contributed by atoms with Crippen LogP contribution >= 0.6 is 0 Å². The molecule has 10 heavy (non-hydrogen) atoms. The molecule has 0 heterocycles. The van der Waals surface area contributed by atoms with Crippen LogP contribution in [0.2, 0.25) is 5.02 Å². The van der Waals surface area contributed by atoms with Gasteiger partial charge in [0.2, 0.25) is 0 Å². The molecule has 0 aromatic heterocycles. The molecule has 55 valence electrons. The Labute approximate surface area is 64.0 Å². The molecule has 0 unspecified atom stereocenters. The van der Waals surface area contributed by atoms with Gasteiger partial charge in [0.1, 0.15) is 0 Å². The van der Waals surface area contributed by atoms with Crippen LogP contribution in [0.4, 0.5) is 13.2 Å². The number of alkyl halides is 3. The second-order valence-electron chi connectivity index (χ2n) is 1.61. The van der Waals surface area contributed by atoms with Crippen LogP contribution in [-0.2, 0) is 22.2 Å². The molecule has 0 spiro atoms. The number of carbonyl (C=O) groups excluding carboxylic acids is 1. The van der Waals surface area contributed by atoms with Crippen LogP contribution in [0.5, 0.6) is 0 Å². The molecule has 1 N–H and O–H groups in total. The predicted octanol–water partition coefficient (Wildman–Crippen LogP) is 0.915. The first kappa shape index (κ1) is 9.88. The summed E-state index contributed by atoms with van der Waals surface area (Å²) in [6, 6.07) is 0. The SMILES string of the molecule is [CH2][CH2][Zn][NH]C(=O)C(F)(F)F. The molecule has 6 heteroatoms. The zero-order valence-corrected chi connectivity index (χ0v) is 8.13. The summed E-state index contributed by atoms with van der Waals surface area (Å²) in [4.78, 5) is 10.0. The van der Waals surface area contributed by atoms with Crippen molar-refractivity contribution in [3.8, 4) is 0 Å². The first-order chi connectivity index (χ1) is 4.48. The summed E-state index contributed by atoms with van der Waals surface area (Å²) in [5.74, 6) is -1.82. The van der Waals surface area contributed by atoms with E-state index in [1.807, 2.05) is 4.06 Å². The van der Waals surface area contributed by atoms with Crippen LogP contribution < -0.4 is 4.06 Å². The Kier molecular flexibility index (Phi) is 3.86. The fraction of sp³-hybridized carbons (Fsp3) is 0.500. The molecule has 0 aliphatic rings. The van der Waals surface area contributed by atoms with Gasteiger partial charge in [0, 0.05) is 0 Å². The van der Waals surface area contributed by atoms with E-state index in [1.54, 1.807) is 0 Å². The molecule has 2 nitrogen and oxygen atoms in total. The van der Waals surface area contributed by atoms with E-state index in [-0.39, 0.29) is 0 Å². The number of nitrogens with one attached hydrogen (secondary N) is 1. The Balaban J connectivity index is 3.64. The van der Waals surface area contributed by atoms with Crippen molar-refractivity contribution in [3.63, 3.8) is 0 Å². The van der Waals surface area contributed by atoms with E-state index in [4.69, 9.17) is 0 Å². The minimum absolute atomic E-state index is 0.439. The standard InChI is InChI=1S/C2H2F3NO.C2H4.Zn/c3-2(4,5)1(6)7;1-2;/h(H2,6,7);1-2H2;/q;;+1/p-1. The van der Waals surface area contributed by atoms with Gasteiger partial charge in [-0.05, 0) is 0 Å². The molecule has 0 atom stereocenters. The Morgan fingerprint density at radius 3 is 2.40 bits per heavy atom. The molecule has 0 fully saturated rings. The van der Waals surface area contributed by atoms with Crippen molar-refractivity contribution in [1.82, 2.24) is 4.06 Å². The molecule has 1 amide bonds. The Bertz CT molecular complexity index is 124. The summed E-state index contributed by atoms with van der Waals surface area (Å²) in [5.41, 5.74) is 0. The van der Waals surface area contributed by atoms with E-state index in [0.29, 0.717) is 5.02 Å². The van der Waals surface area contributed by atoms with Crippen LogP contribution in [0.25, 0.3) is 0 Å². The van der Waals surface area contributed by atoms with Crippen molar-refractivity contribution < 1.29 is 35.3 Å². The number of halogens is 3. The first-order valence-electron chi connectivity index (χ1n) is 2.62. The zero-order valence-electron chi connectivity index (χ0n) is 5.16. The van der Waals surface area contributed by atoms with Crippen molar-refractivity contribution in [2.75, 3.05) is 0 Å². The summed E-state index contributed by atoms with van der Waals surface area (Å²) in [6.45, 7) is 3.34. The van der Waals surface area contributed by atoms with Crippen molar-refractivity contribution in [3.05, 3.63) is 6.92 Å². The van der Waals surface area contributed by atoms with E-state index in [1.165, 1.54) is 0 Å². The number of rotatable bonds is 2. The molecule has 0 aromatic rings. The maximum absolute atomic E-state index is 11.4. The van der Waals surface area contributed by atoms with E-state index < -0.39 is 29.4 Å². The molecule has 0 aliphatic heterocycles. The number of hydrogen-bond donors (Lipinski definition) is 1. The van der Waals surface area contributed by atoms with E-state index in [0.717, 1.165) is 0 Å². The maximum atomic E-state index is 11.4. The molecule has 0 saturated carbocycles. The van der Waals surface area contributed by atoms with E-state index in [9.17, 15) is 18.0 Å². The van der Waals surface area contributed by atoms with Gasteiger partial charge in [-0.15, -0.1) is 0 Å². The number of carbonyl (C=O) groups is 1. The van der Waals surface area contributed by atoms with Gasteiger partial charge in [-0.2, -0.15) is 0 Å². The second kappa shape index (κ2) is 3.91. The molecule has 0 bridgehead atoms. The summed E-state index contributed by atoms with van der Waals surface area (Å²) in [5, 5.41) is 0.439. The predicted molar refractivity (Wildman–Crippen MR) is 24.4 cm³/mol. The normalized spacial score (nSPS) is 10.4. The number of amides is 1. The fourth-order valence-corrected chi connectivity index (χ4v) is 1.57. The molecule has 1 radical (unpaired) electrons. The summed E-state index contributed by atoms with van der Waals surface area (Å²) in [6.07, 6.45) is -4.72. The van der Waals surface area contributed by atoms with E-state index >= 15 is 0 Å². The quantitative estimate of drug-likeness (QED) is 0.667. The van der Waals surface area contributed by atoms with Crippen LogP contribution in [-0.4, -0.2) is 12.1 Å². The van der Waals surface area contributed by atoms with Gasteiger partial charge in [-0.25, -0.2) is 0 Å². The Morgan fingerprint density at radius 1 is 1.60 bits per heavy atom. The van der Waals surface area contributed by atoms with Crippen LogP contribution in [0, 0.1) is 6.92 Å². The zero-order chi connectivity index (χ0) is 8.20. The molecular weight excluding hydrogens is 200 g/mol. The average molecular weight is 205 g/mol. The molecule has 0 aromatic carbocycles. The summed E-state index contributed by atoms with van der Waals surface area (Å²) < 4.78 is 35.9. The Morgan fingerprint density at radius 2 is 2.10 bits per heavy atom. The topological polar surface area (TPSA) is 29.1 Å². The van der Waals surface area contributed by atoms with Crippen LogP contribution in [0.1, 0.15) is 0 Å². The van der Waals surface area contributed by atoms with E-state index in [2.05, 4.69) is 6.92 Å². The Hall–Kier alpha value is -0.117. The van der Waals surface area contributed by atoms with Crippen LogP contribution in [0.15, 0.2) is 0 Å². The average Bonchev–Trinajstić information content (AvgIpc) is 1.80. The molecule has 0 rings (SSSR count). The minimum atomic E-state index is -4.72. The van der Waals surface area contributed by atoms with Crippen molar-refractivity contribution >= 4 is 5.91 Å². The van der Waals surface area contributed by atoms with Gasteiger partial charge in [0.25, 0.3) is 0 Å². The first-order valence-corrected chi connectivity index (χ1v) is 6.21. The third-order valence-electron chi connectivity index (χ3n) is 0.720. The van der Waals surface area contributed by atoms with Crippen molar-refractivity contribution in [2.45, 2.75) is 11.2 Å². The van der Waals surface area contributed by atoms with Gasteiger partial charge in [0.05, 0.1) is 0 Å². The van der Waals surface area contributed by atoms with Crippen LogP contribution in [0.3, 0.4) is 0 Å². The van der Waals surface area contributed by atoms with Gasteiger partial charge in [-0.1, -0.05) is 0 Å². The van der Waals surface area contributed by atoms with Gasteiger partial charge >= 0.3 is 63.4 Å². The third kappa shape index (κ3) is 3.82. The monoisotopic (exact) mass is 204 g/mol. The third-order valence-corrected chi connectivity index (χ3v) is 2.66. The van der Waals surface area contributed by atoms with Gasteiger partial charge in [0.15, 0.2) is 0 Å². The van der Waals surface area contributed by atoms with Gasteiger partial charge < -0.3 is 0 Å². The van der Waals surface area contributed by atoms with Gasteiger partial charge in [-0.3, -0.25) is 0 Å². The molecule has 0 aliphatic carbocycles. The second-order valence-corrected chi connectivity index (χ2v) is 4.88. The summed E-state index contributed by atoms with van der Waals surface area (Å²) >= 11 is -1.52.